The zero-order valence-electron chi connectivity index (χ0n) is 9.21. The van der Waals surface area contributed by atoms with E-state index in [1.54, 1.807) is 0 Å². The topological polar surface area (TPSA) is 0 Å². The van der Waals surface area contributed by atoms with Gasteiger partial charge in [0, 0.05) is 4.70 Å². The molecule has 0 aliphatic rings. The van der Waals surface area contributed by atoms with Crippen LogP contribution in [0, 0.1) is 6.92 Å². The Morgan fingerprint density at radius 1 is 1.07 bits per heavy atom. The summed E-state index contributed by atoms with van der Waals surface area (Å²) in [5.41, 5.74) is 1.39. The lowest BCUT2D eigenvalue weighted by Gasteiger charge is -1.86. The summed E-state index contributed by atoms with van der Waals surface area (Å²) in [6, 6.07) is 8.49. The quantitative estimate of drug-likeness (QED) is 0.615. The highest BCUT2D eigenvalue weighted by Gasteiger charge is 1.95. The monoisotopic (exact) mass is 206 g/mol. The second-order valence-corrected chi connectivity index (χ2v) is 4.33. The molecule has 0 spiro atoms. The molecule has 1 heteroatoms. The lowest BCUT2D eigenvalue weighted by atomic mass is 10.2. The van der Waals surface area contributed by atoms with Crippen molar-refractivity contribution in [2.75, 3.05) is 0 Å². The van der Waals surface area contributed by atoms with Gasteiger partial charge in [-0.3, -0.25) is 0 Å². The van der Waals surface area contributed by atoms with Crippen molar-refractivity contribution >= 4 is 21.4 Å². The standard InChI is InChI=1S/C9H8S.C4H10/c1-7-6-10-9-5-3-2-4-8(7)9;1-3-4-2/h2-6H,1H3;3-4H2,1-2H3. The van der Waals surface area contributed by atoms with Crippen LogP contribution < -0.4 is 0 Å². The molecule has 0 saturated carbocycles. The lowest BCUT2D eigenvalue weighted by molar-refractivity contribution is 0.886. The summed E-state index contributed by atoms with van der Waals surface area (Å²) >= 11 is 1.81. The maximum atomic E-state index is 2.20. The van der Waals surface area contributed by atoms with Crippen LogP contribution in [0.4, 0.5) is 0 Å². The van der Waals surface area contributed by atoms with Crippen molar-refractivity contribution in [2.24, 2.45) is 0 Å². The first kappa shape index (κ1) is 11.3. The van der Waals surface area contributed by atoms with Crippen molar-refractivity contribution in [2.45, 2.75) is 33.6 Å². The molecule has 0 nitrogen and oxygen atoms in total. The summed E-state index contributed by atoms with van der Waals surface area (Å²) in [6.07, 6.45) is 2.64. The third kappa shape index (κ3) is 2.85. The number of fused-ring (bicyclic) bond motifs is 1. The van der Waals surface area contributed by atoms with Gasteiger partial charge in [-0.2, -0.15) is 0 Å². The zero-order valence-corrected chi connectivity index (χ0v) is 10.0. The molecule has 2 aromatic rings. The van der Waals surface area contributed by atoms with Gasteiger partial charge in [0.15, 0.2) is 0 Å². The molecule has 1 aromatic carbocycles. The Labute approximate surface area is 90.6 Å². The normalized spacial score (nSPS) is 9.64. The smallest absolute Gasteiger partial charge is 0.0345 e. The Hall–Kier alpha value is -0.820. The van der Waals surface area contributed by atoms with Crippen LogP contribution in [-0.2, 0) is 0 Å². The van der Waals surface area contributed by atoms with E-state index < -0.39 is 0 Å². The minimum absolute atomic E-state index is 1.32. The highest BCUT2D eigenvalue weighted by Crippen LogP contribution is 2.24. The van der Waals surface area contributed by atoms with Gasteiger partial charge in [-0.15, -0.1) is 11.3 Å². The fourth-order valence-corrected chi connectivity index (χ4v) is 2.05. The minimum Gasteiger partial charge on any atom is -0.144 e. The van der Waals surface area contributed by atoms with Crippen molar-refractivity contribution in [3.05, 3.63) is 35.2 Å². The molecule has 1 aromatic heterocycles. The Bertz CT molecular complexity index is 371. The Morgan fingerprint density at radius 3 is 2.29 bits per heavy atom. The van der Waals surface area contributed by atoms with Crippen LogP contribution in [0.15, 0.2) is 29.6 Å². The summed E-state index contributed by atoms with van der Waals surface area (Å²) in [5.74, 6) is 0. The van der Waals surface area contributed by atoms with Crippen molar-refractivity contribution in [3.63, 3.8) is 0 Å². The van der Waals surface area contributed by atoms with Gasteiger partial charge in [0.1, 0.15) is 0 Å². The van der Waals surface area contributed by atoms with E-state index in [0.717, 1.165) is 0 Å². The summed E-state index contributed by atoms with van der Waals surface area (Å²) in [7, 11) is 0. The van der Waals surface area contributed by atoms with Crippen LogP contribution in [0.1, 0.15) is 32.3 Å². The summed E-state index contributed by atoms with van der Waals surface area (Å²) in [5, 5.41) is 3.59. The average Bonchev–Trinajstić information content (AvgIpc) is 2.62. The van der Waals surface area contributed by atoms with E-state index in [9.17, 15) is 0 Å². The molecule has 0 fully saturated rings. The highest BCUT2D eigenvalue weighted by atomic mass is 32.1. The van der Waals surface area contributed by atoms with Gasteiger partial charge in [-0.1, -0.05) is 44.9 Å². The molecular formula is C13H18S. The molecule has 2 rings (SSSR count). The first-order valence-electron chi connectivity index (χ1n) is 5.22. The van der Waals surface area contributed by atoms with E-state index in [-0.39, 0.29) is 0 Å². The predicted octanol–water partition coefficient (Wildman–Crippen LogP) is 5.02. The molecule has 1 heterocycles. The Balaban J connectivity index is 0.000000213. The molecule has 0 N–H and O–H groups in total. The highest BCUT2D eigenvalue weighted by molar-refractivity contribution is 7.17. The van der Waals surface area contributed by atoms with Gasteiger partial charge in [-0.05, 0) is 29.3 Å². The molecule has 14 heavy (non-hydrogen) atoms. The second kappa shape index (κ2) is 5.82. The zero-order chi connectivity index (χ0) is 10.4. The van der Waals surface area contributed by atoms with Gasteiger partial charge in [0.25, 0.3) is 0 Å². The molecule has 0 amide bonds. The van der Waals surface area contributed by atoms with E-state index in [4.69, 9.17) is 0 Å². The van der Waals surface area contributed by atoms with Gasteiger partial charge in [-0.25, -0.2) is 0 Å². The molecule has 0 atom stereocenters. The maximum Gasteiger partial charge on any atom is 0.0345 e. The second-order valence-electron chi connectivity index (χ2n) is 3.41. The number of rotatable bonds is 1. The Morgan fingerprint density at radius 2 is 1.71 bits per heavy atom. The van der Waals surface area contributed by atoms with E-state index in [1.807, 2.05) is 11.3 Å². The molecule has 0 unspecified atom stereocenters. The van der Waals surface area contributed by atoms with E-state index >= 15 is 0 Å². The van der Waals surface area contributed by atoms with E-state index in [1.165, 1.54) is 28.5 Å². The number of benzene rings is 1. The van der Waals surface area contributed by atoms with Crippen molar-refractivity contribution < 1.29 is 0 Å². The van der Waals surface area contributed by atoms with Crippen LogP contribution >= 0.6 is 11.3 Å². The third-order valence-electron chi connectivity index (χ3n) is 2.17. The van der Waals surface area contributed by atoms with Gasteiger partial charge < -0.3 is 0 Å². The lowest BCUT2D eigenvalue weighted by Crippen LogP contribution is -1.63. The molecule has 0 bridgehead atoms. The molecule has 0 aliphatic heterocycles. The van der Waals surface area contributed by atoms with Crippen LogP contribution in [-0.4, -0.2) is 0 Å². The first-order valence-corrected chi connectivity index (χ1v) is 6.10. The van der Waals surface area contributed by atoms with Crippen molar-refractivity contribution in [3.8, 4) is 0 Å². The summed E-state index contributed by atoms with van der Waals surface area (Å²) < 4.78 is 1.39. The van der Waals surface area contributed by atoms with Gasteiger partial charge >= 0.3 is 0 Å². The number of hydrogen-bond acceptors (Lipinski definition) is 1. The number of unbranched alkanes of at least 4 members (excludes halogenated alkanes) is 1. The fraction of sp³-hybridized carbons (Fsp3) is 0.385. The van der Waals surface area contributed by atoms with Gasteiger partial charge in [0.05, 0.1) is 0 Å². The SMILES string of the molecule is CCCC.Cc1csc2ccccc12. The van der Waals surface area contributed by atoms with Crippen molar-refractivity contribution in [1.82, 2.24) is 0 Å². The molecule has 76 valence electrons. The largest absolute Gasteiger partial charge is 0.144 e. The van der Waals surface area contributed by atoms with Crippen LogP contribution in [0.25, 0.3) is 10.1 Å². The molecule has 0 radical (unpaired) electrons. The predicted molar refractivity (Wildman–Crippen MR) is 67.1 cm³/mol. The first-order chi connectivity index (χ1) is 6.79. The third-order valence-corrected chi connectivity index (χ3v) is 3.26. The number of hydrogen-bond donors (Lipinski definition) is 0. The van der Waals surface area contributed by atoms with Crippen LogP contribution in [0.3, 0.4) is 0 Å². The summed E-state index contributed by atoms with van der Waals surface area (Å²) in [4.78, 5) is 0. The van der Waals surface area contributed by atoms with Gasteiger partial charge in [0.2, 0.25) is 0 Å². The summed E-state index contributed by atoms with van der Waals surface area (Å²) in [6.45, 7) is 6.51. The molecule has 0 aliphatic carbocycles. The Kier molecular flexibility index (Phi) is 4.68. The maximum absolute atomic E-state index is 2.20. The average molecular weight is 206 g/mol. The number of thiophene rings is 1. The minimum atomic E-state index is 1.32. The van der Waals surface area contributed by atoms with Crippen LogP contribution in [0.2, 0.25) is 0 Å². The number of aryl methyl sites for hydroxylation is 1. The molecule has 0 saturated heterocycles. The van der Waals surface area contributed by atoms with Crippen LogP contribution in [0.5, 0.6) is 0 Å². The molecular weight excluding hydrogens is 188 g/mol. The fourth-order valence-electron chi connectivity index (χ4n) is 1.11. The van der Waals surface area contributed by atoms with E-state index in [0.29, 0.717) is 0 Å². The van der Waals surface area contributed by atoms with E-state index in [2.05, 4.69) is 50.4 Å². The van der Waals surface area contributed by atoms with Crippen molar-refractivity contribution in [1.29, 1.82) is 0 Å².